The summed E-state index contributed by atoms with van der Waals surface area (Å²) in [7, 11) is 1.57. The minimum absolute atomic E-state index is 0.0716. The van der Waals surface area contributed by atoms with Crippen molar-refractivity contribution in [3.05, 3.63) is 53.3 Å². The molecule has 2 aromatic carbocycles. The largest absolute Gasteiger partial charge is 0.497 e. The number of benzene rings is 2. The van der Waals surface area contributed by atoms with E-state index in [1.807, 2.05) is 0 Å². The van der Waals surface area contributed by atoms with Gasteiger partial charge in [-0.1, -0.05) is 12.1 Å². The average molecular weight is 291 g/mol. The molecule has 6 heteroatoms. The lowest BCUT2D eigenvalue weighted by atomic mass is 10.1. The van der Waals surface area contributed by atoms with Crippen LogP contribution < -0.4 is 15.2 Å². The zero-order valence-electron chi connectivity index (χ0n) is 11.3. The van der Waals surface area contributed by atoms with Crippen LogP contribution in [0, 0.1) is 5.82 Å². The van der Waals surface area contributed by atoms with Crippen molar-refractivity contribution in [1.82, 2.24) is 0 Å². The first-order valence-electron chi connectivity index (χ1n) is 6.09. The Hall–Kier alpha value is -2.76. The highest BCUT2D eigenvalue weighted by molar-refractivity contribution is 5.89. The van der Waals surface area contributed by atoms with E-state index in [-0.39, 0.29) is 18.0 Å². The van der Waals surface area contributed by atoms with Crippen molar-refractivity contribution >= 4 is 11.7 Å². The Labute approximate surface area is 120 Å². The molecule has 0 bridgehead atoms. The maximum absolute atomic E-state index is 13.6. The molecule has 0 saturated carbocycles. The molecular weight excluding hydrogens is 277 g/mol. The second-order valence-electron chi connectivity index (χ2n) is 4.31. The quantitative estimate of drug-likeness (QED) is 0.828. The van der Waals surface area contributed by atoms with Gasteiger partial charge >= 0.3 is 5.97 Å². The minimum Gasteiger partial charge on any atom is -0.497 e. The zero-order valence-corrected chi connectivity index (χ0v) is 11.3. The topological polar surface area (TPSA) is 81.8 Å². The number of halogens is 1. The van der Waals surface area contributed by atoms with Gasteiger partial charge < -0.3 is 20.3 Å². The summed E-state index contributed by atoms with van der Waals surface area (Å²) in [5, 5.41) is 8.79. The summed E-state index contributed by atoms with van der Waals surface area (Å²) in [6.07, 6.45) is 0. The second-order valence-corrected chi connectivity index (χ2v) is 4.31. The van der Waals surface area contributed by atoms with Crippen molar-refractivity contribution in [2.75, 3.05) is 12.8 Å². The van der Waals surface area contributed by atoms with Gasteiger partial charge in [0.25, 0.3) is 0 Å². The van der Waals surface area contributed by atoms with E-state index in [2.05, 4.69) is 0 Å². The first-order valence-corrected chi connectivity index (χ1v) is 6.09. The predicted molar refractivity (Wildman–Crippen MR) is 75.1 cm³/mol. The van der Waals surface area contributed by atoms with E-state index in [0.717, 1.165) is 23.4 Å². The number of carboxylic acid groups (broad SMARTS) is 1. The second kappa shape index (κ2) is 6.13. The van der Waals surface area contributed by atoms with E-state index in [0.29, 0.717) is 0 Å². The fourth-order valence-corrected chi connectivity index (χ4v) is 1.74. The smallest absolute Gasteiger partial charge is 0.338 e. The van der Waals surface area contributed by atoms with Crippen molar-refractivity contribution in [3.8, 4) is 11.5 Å². The van der Waals surface area contributed by atoms with E-state index in [1.165, 1.54) is 0 Å². The molecule has 0 unspecified atom stereocenters. The highest BCUT2D eigenvalue weighted by atomic mass is 19.1. The van der Waals surface area contributed by atoms with Crippen LogP contribution in [0.4, 0.5) is 10.1 Å². The number of methoxy groups -OCH3 is 1. The number of aromatic carboxylic acids is 1. The zero-order chi connectivity index (χ0) is 15.4. The summed E-state index contributed by atoms with van der Waals surface area (Å²) in [6, 6.07) is 9.17. The maximum Gasteiger partial charge on any atom is 0.338 e. The lowest BCUT2D eigenvalue weighted by molar-refractivity contribution is 0.0692. The Bertz CT molecular complexity index is 655. The first-order chi connectivity index (χ1) is 10.0. The standard InChI is InChI=1S/C15H14FNO4/c1-20-10-4-2-9(3-5-10)8-21-14-7-12(16)11(15(18)19)6-13(14)17/h2-7H,8,17H2,1H3,(H,18,19). The van der Waals surface area contributed by atoms with E-state index < -0.39 is 17.3 Å². The molecule has 5 nitrogen and oxygen atoms in total. The van der Waals surface area contributed by atoms with Crippen LogP contribution in [-0.4, -0.2) is 18.2 Å². The molecule has 0 aromatic heterocycles. The van der Waals surface area contributed by atoms with E-state index in [9.17, 15) is 9.18 Å². The van der Waals surface area contributed by atoms with E-state index in [4.69, 9.17) is 20.3 Å². The molecule has 0 aliphatic rings. The molecule has 0 amide bonds. The molecule has 3 N–H and O–H groups in total. The number of carbonyl (C=O) groups is 1. The number of nitrogen functional groups attached to an aromatic ring is 1. The van der Waals surface area contributed by atoms with Crippen molar-refractivity contribution in [2.24, 2.45) is 0 Å². The average Bonchev–Trinajstić information content (AvgIpc) is 2.48. The van der Waals surface area contributed by atoms with E-state index in [1.54, 1.807) is 31.4 Å². The van der Waals surface area contributed by atoms with Crippen LogP contribution in [0.5, 0.6) is 11.5 Å². The molecule has 21 heavy (non-hydrogen) atoms. The Morgan fingerprint density at radius 2 is 1.95 bits per heavy atom. The van der Waals surface area contributed by atoms with Gasteiger partial charge in [0.05, 0.1) is 18.4 Å². The van der Waals surface area contributed by atoms with Crippen LogP contribution in [0.1, 0.15) is 15.9 Å². The van der Waals surface area contributed by atoms with Gasteiger partial charge in [0.2, 0.25) is 0 Å². The summed E-state index contributed by atoms with van der Waals surface area (Å²) in [5.41, 5.74) is 6.10. The van der Waals surface area contributed by atoms with Gasteiger partial charge in [-0.05, 0) is 23.8 Å². The summed E-state index contributed by atoms with van der Waals surface area (Å²) < 4.78 is 24.0. The third kappa shape index (κ3) is 3.42. The molecule has 0 saturated heterocycles. The van der Waals surface area contributed by atoms with Gasteiger partial charge in [0.1, 0.15) is 23.9 Å². The lowest BCUT2D eigenvalue weighted by Crippen LogP contribution is -2.05. The van der Waals surface area contributed by atoms with Crippen LogP contribution in [0.25, 0.3) is 0 Å². The molecule has 110 valence electrons. The molecule has 0 fully saturated rings. The number of hydrogen-bond donors (Lipinski definition) is 2. The molecule has 0 aliphatic carbocycles. The summed E-state index contributed by atoms with van der Waals surface area (Å²) >= 11 is 0. The molecule has 0 spiro atoms. The first kappa shape index (κ1) is 14.6. The van der Waals surface area contributed by atoms with Crippen LogP contribution >= 0.6 is 0 Å². The summed E-state index contributed by atoms with van der Waals surface area (Å²) in [5.74, 6) is -1.44. The molecule has 0 atom stereocenters. The van der Waals surface area contributed by atoms with Gasteiger partial charge in [-0.2, -0.15) is 0 Å². The van der Waals surface area contributed by atoms with Gasteiger partial charge in [0.15, 0.2) is 0 Å². The summed E-state index contributed by atoms with van der Waals surface area (Å²) in [6.45, 7) is 0.181. The Kier molecular flexibility index (Phi) is 4.27. The van der Waals surface area contributed by atoms with Crippen LogP contribution in [0.15, 0.2) is 36.4 Å². The highest BCUT2D eigenvalue weighted by Crippen LogP contribution is 2.26. The van der Waals surface area contributed by atoms with Crippen LogP contribution in [-0.2, 0) is 6.61 Å². The fourth-order valence-electron chi connectivity index (χ4n) is 1.74. The SMILES string of the molecule is COc1ccc(COc2cc(F)c(C(=O)O)cc2N)cc1. The number of hydrogen-bond acceptors (Lipinski definition) is 4. The number of anilines is 1. The summed E-state index contributed by atoms with van der Waals surface area (Å²) in [4.78, 5) is 10.8. The van der Waals surface area contributed by atoms with Gasteiger partial charge in [-0.25, -0.2) is 9.18 Å². The molecule has 0 heterocycles. The van der Waals surface area contributed by atoms with E-state index >= 15 is 0 Å². The minimum atomic E-state index is -1.37. The number of ether oxygens (including phenoxy) is 2. The molecule has 2 aromatic rings. The molecule has 0 aliphatic heterocycles. The maximum atomic E-state index is 13.6. The van der Waals surface area contributed by atoms with Gasteiger partial charge in [-0.3, -0.25) is 0 Å². The number of rotatable bonds is 5. The normalized spacial score (nSPS) is 10.2. The third-order valence-corrected chi connectivity index (χ3v) is 2.88. The predicted octanol–water partition coefficient (Wildman–Crippen LogP) is 2.69. The highest BCUT2D eigenvalue weighted by Gasteiger charge is 2.14. The Balaban J connectivity index is 2.12. The third-order valence-electron chi connectivity index (χ3n) is 2.88. The van der Waals surface area contributed by atoms with Crippen LogP contribution in [0.2, 0.25) is 0 Å². The number of carboxylic acids is 1. The van der Waals surface area contributed by atoms with Gasteiger partial charge in [-0.15, -0.1) is 0 Å². The van der Waals surface area contributed by atoms with Crippen molar-refractivity contribution in [3.63, 3.8) is 0 Å². The Morgan fingerprint density at radius 1 is 1.29 bits per heavy atom. The van der Waals surface area contributed by atoms with Crippen molar-refractivity contribution in [2.45, 2.75) is 6.61 Å². The lowest BCUT2D eigenvalue weighted by Gasteiger charge is -2.10. The van der Waals surface area contributed by atoms with Gasteiger partial charge in [0, 0.05) is 6.07 Å². The monoisotopic (exact) mass is 291 g/mol. The molecular formula is C15H14FNO4. The molecule has 2 rings (SSSR count). The number of nitrogens with two attached hydrogens (primary N) is 1. The van der Waals surface area contributed by atoms with Crippen molar-refractivity contribution in [1.29, 1.82) is 0 Å². The van der Waals surface area contributed by atoms with Crippen LogP contribution in [0.3, 0.4) is 0 Å². The van der Waals surface area contributed by atoms with Crippen molar-refractivity contribution < 1.29 is 23.8 Å². The Morgan fingerprint density at radius 3 is 2.52 bits per heavy atom. The fraction of sp³-hybridized carbons (Fsp3) is 0.133. The molecule has 0 radical (unpaired) electrons.